The van der Waals surface area contributed by atoms with Crippen molar-refractivity contribution in [1.82, 2.24) is 0 Å². The molecule has 0 radical (unpaired) electrons. The lowest BCUT2D eigenvalue weighted by Crippen LogP contribution is -1.91. The molecule has 0 unspecified atom stereocenters. The third kappa shape index (κ3) is 2.29. The zero-order valence-electron chi connectivity index (χ0n) is 10.4. The number of thiophene rings is 1. The van der Waals surface area contributed by atoms with Gasteiger partial charge >= 0.3 is 0 Å². The number of anilines is 1. The molecule has 1 heterocycles. The van der Waals surface area contributed by atoms with E-state index < -0.39 is 0 Å². The van der Waals surface area contributed by atoms with Crippen molar-refractivity contribution < 1.29 is 4.74 Å². The lowest BCUT2D eigenvalue weighted by atomic mass is 10.0. The van der Waals surface area contributed by atoms with E-state index in [1.165, 1.54) is 10.4 Å². The van der Waals surface area contributed by atoms with Crippen molar-refractivity contribution in [2.75, 3.05) is 12.3 Å². The van der Waals surface area contributed by atoms with Gasteiger partial charge in [0.05, 0.1) is 11.6 Å². The molecule has 17 heavy (non-hydrogen) atoms. The van der Waals surface area contributed by atoms with Crippen molar-refractivity contribution in [2.45, 2.75) is 20.8 Å². The van der Waals surface area contributed by atoms with Gasteiger partial charge in [0.25, 0.3) is 0 Å². The summed E-state index contributed by atoms with van der Waals surface area (Å²) in [5, 5.41) is 0.893. The predicted octanol–water partition coefficient (Wildman–Crippen LogP) is 4.01. The Labute approximate surface area is 106 Å². The molecule has 0 atom stereocenters. The molecule has 2 nitrogen and oxygen atoms in total. The second-order valence-electron chi connectivity index (χ2n) is 3.98. The fourth-order valence-electron chi connectivity index (χ4n) is 1.90. The third-order valence-electron chi connectivity index (χ3n) is 2.87. The van der Waals surface area contributed by atoms with Gasteiger partial charge in [-0.1, -0.05) is 12.1 Å². The monoisotopic (exact) mass is 247 g/mol. The average molecular weight is 247 g/mol. The van der Waals surface area contributed by atoms with Crippen LogP contribution in [0.2, 0.25) is 0 Å². The minimum Gasteiger partial charge on any atom is -0.494 e. The Balaban J connectivity index is 2.39. The summed E-state index contributed by atoms with van der Waals surface area (Å²) >= 11 is 1.65. The molecule has 0 aliphatic heterocycles. The lowest BCUT2D eigenvalue weighted by molar-refractivity contribution is 0.340. The van der Waals surface area contributed by atoms with Crippen LogP contribution in [0.1, 0.15) is 17.4 Å². The first-order valence-corrected chi connectivity index (χ1v) is 6.53. The Hall–Kier alpha value is -1.48. The van der Waals surface area contributed by atoms with Crippen LogP contribution in [0.25, 0.3) is 11.1 Å². The molecule has 1 aromatic heterocycles. The van der Waals surface area contributed by atoms with E-state index in [1.54, 1.807) is 11.3 Å². The normalized spacial score (nSPS) is 10.5. The van der Waals surface area contributed by atoms with Crippen LogP contribution < -0.4 is 10.5 Å². The number of nitrogen functional groups attached to an aromatic ring is 1. The second kappa shape index (κ2) is 4.80. The first kappa shape index (κ1) is 12.0. The fraction of sp³-hybridized carbons (Fsp3) is 0.286. The van der Waals surface area contributed by atoms with Gasteiger partial charge in [-0.05, 0) is 44.0 Å². The van der Waals surface area contributed by atoms with Gasteiger partial charge < -0.3 is 10.5 Å². The molecule has 2 rings (SSSR count). The number of hydrogen-bond acceptors (Lipinski definition) is 3. The minimum atomic E-state index is 0.693. The Morgan fingerprint density at radius 2 is 1.82 bits per heavy atom. The maximum absolute atomic E-state index is 6.06. The van der Waals surface area contributed by atoms with Crippen molar-refractivity contribution in [1.29, 1.82) is 0 Å². The van der Waals surface area contributed by atoms with Crippen LogP contribution in [0.3, 0.4) is 0 Å². The van der Waals surface area contributed by atoms with Crippen LogP contribution in [0.5, 0.6) is 5.75 Å². The predicted molar refractivity (Wildman–Crippen MR) is 74.8 cm³/mol. The first-order valence-electron chi connectivity index (χ1n) is 5.72. The maximum atomic E-state index is 6.06. The standard InChI is InChI=1S/C14H17NOS/c1-4-16-12-7-5-11(6-8-12)13-9(2)10(3)17-14(13)15/h5-8H,4,15H2,1-3H3. The zero-order chi connectivity index (χ0) is 12.4. The number of ether oxygens (including phenoxy) is 1. The Morgan fingerprint density at radius 1 is 1.18 bits per heavy atom. The summed E-state index contributed by atoms with van der Waals surface area (Å²) in [7, 11) is 0. The van der Waals surface area contributed by atoms with E-state index in [9.17, 15) is 0 Å². The SMILES string of the molecule is CCOc1ccc(-c2c(N)sc(C)c2C)cc1. The Kier molecular flexibility index (Phi) is 3.38. The van der Waals surface area contributed by atoms with Gasteiger partial charge in [0.15, 0.2) is 0 Å². The number of nitrogens with two attached hydrogens (primary N) is 1. The van der Waals surface area contributed by atoms with Gasteiger partial charge in [-0.2, -0.15) is 0 Å². The Morgan fingerprint density at radius 3 is 2.29 bits per heavy atom. The van der Waals surface area contributed by atoms with Crippen molar-refractivity contribution in [3.05, 3.63) is 34.7 Å². The molecule has 90 valence electrons. The maximum Gasteiger partial charge on any atom is 0.119 e. The Bertz CT molecular complexity index is 514. The molecule has 2 aromatic rings. The highest BCUT2D eigenvalue weighted by Gasteiger charge is 2.11. The van der Waals surface area contributed by atoms with E-state index in [1.807, 2.05) is 19.1 Å². The summed E-state index contributed by atoms with van der Waals surface area (Å²) in [4.78, 5) is 1.28. The second-order valence-corrected chi connectivity index (χ2v) is 5.24. The molecular weight excluding hydrogens is 230 g/mol. The largest absolute Gasteiger partial charge is 0.494 e. The highest BCUT2D eigenvalue weighted by molar-refractivity contribution is 7.16. The summed E-state index contributed by atoms with van der Waals surface area (Å²) in [6.45, 7) is 6.90. The fourth-order valence-corrected chi connectivity index (χ4v) is 2.85. The van der Waals surface area contributed by atoms with Crippen molar-refractivity contribution in [3.8, 4) is 16.9 Å². The number of benzene rings is 1. The smallest absolute Gasteiger partial charge is 0.119 e. The van der Waals surface area contributed by atoms with E-state index in [-0.39, 0.29) is 0 Å². The number of rotatable bonds is 3. The quantitative estimate of drug-likeness (QED) is 0.889. The summed E-state index contributed by atoms with van der Waals surface area (Å²) in [5.74, 6) is 0.902. The third-order valence-corrected chi connectivity index (χ3v) is 3.90. The topological polar surface area (TPSA) is 35.2 Å². The van der Waals surface area contributed by atoms with Crippen LogP contribution in [-0.2, 0) is 0 Å². The molecule has 0 bridgehead atoms. The molecule has 3 heteroatoms. The van der Waals surface area contributed by atoms with Crippen molar-refractivity contribution >= 4 is 16.3 Å². The van der Waals surface area contributed by atoms with E-state index in [2.05, 4.69) is 26.0 Å². The molecule has 0 fully saturated rings. The van der Waals surface area contributed by atoms with Crippen LogP contribution in [0.4, 0.5) is 5.00 Å². The molecule has 0 saturated carbocycles. The van der Waals surface area contributed by atoms with Crippen LogP contribution in [0, 0.1) is 13.8 Å². The lowest BCUT2D eigenvalue weighted by Gasteiger charge is -2.06. The minimum absolute atomic E-state index is 0.693. The van der Waals surface area contributed by atoms with E-state index in [4.69, 9.17) is 10.5 Å². The summed E-state index contributed by atoms with van der Waals surface area (Å²) < 4.78 is 5.43. The zero-order valence-corrected chi connectivity index (χ0v) is 11.2. The van der Waals surface area contributed by atoms with Gasteiger partial charge in [-0.15, -0.1) is 11.3 Å². The number of hydrogen-bond donors (Lipinski definition) is 1. The number of aryl methyl sites for hydroxylation is 1. The molecule has 0 amide bonds. The average Bonchev–Trinajstić information content (AvgIpc) is 2.55. The van der Waals surface area contributed by atoms with Gasteiger partial charge in [0, 0.05) is 10.4 Å². The van der Waals surface area contributed by atoms with Gasteiger partial charge in [0.1, 0.15) is 5.75 Å². The molecule has 0 saturated heterocycles. The van der Waals surface area contributed by atoms with Crippen LogP contribution in [0.15, 0.2) is 24.3 Å². The molecular formula is C14H17NOS. The molecule has 2 N–H and O–H groups in total. The molecule has 0 spiro atoms. The first-order chi connectivity index (χ1) is 8.13. The highest BCUT2D eigenvalue weighted by atomic mass is 32.1. The molecule has 1 aromatic carbocycles. The summed E-state index contributed by atoms with van der Waals surface area (Å²) in [5.41, 5.74) is 9.66. The van der Waals surface area contributed by atoms with Crippen LogP contribution >= 0.6 is 11.3 Å². The van der Waals surface area contributed by atoms with Gasteiger partial charge in [-0.3, -0.25) is 0 Å². The van der Waals surface area contributed by atoms with E-state index in [0.29, 0.717) is 6.61 Å². The van der Waals surface area contributed by atoms with E-state index in [0.717, 1.165) is 21.9 Å². The van der Waals surface area contributed by atoms with Gasteiger partial charge in [-0.25, -0.2) is 0 Å². The van der Waals surface area contributed by atoms with Gasteiger partial charge in [0.2, 0.25) is 0 Å². The van der Waals surface area contributed by atoms with Crippen LogP contribution in [-0.4, -0.2) is 6.61 Å². The van der Waals surface area contributed by atoms with Crippen molar-refractivity contribution in [3.63, 3.8) is 0 Å². The summed E-state index contributed by atoms with van der Waals surface area (Å²) in [6.07, 6.45) is 0. The summed E-state index contributed by atoms with van der Waals surface area (Å²) in [6, 6.07) is 8.11. The molecule has 0 aliphatic carbocycles. The van der Waals surface area contributed by atoms with Crippen molar-refractivity contribution in [2.24, 2.45) is 0 Å². The molecule has 0 aliphatic rings. The highest BCUT2D eigenvalue weighted by Crippen LogP contribution is 2.38. The van der Waals surface area contributed by atoms with E-state index >= 15 is 0 Å².